The van der Waals surface area contributed by atoms with Gasteiger partial charge in [-0.25, -0.2) is 0 Å². The summed E-state index contributed by atoms with van der Waals surface area (Å²) < 4.78 is 0. The normalized spacial score (nSPS) is 34.8. The third kappa shape index (κ3) is 1.96. The zero-order valence-electron chi connectivity index (χ0n) is 6.93. The molecule has 2 unspecified atom stereocenters. The lowest BCUT2D eigenvalue weighted by Gasteiger charge is -2.31. The molecular weight excluding hydrogens is 124 g/mol. The Hall–Kier alpha value is -0.0800. The first kappa shape index (κ1) is 8.02. The summed E-state index contributed by atoms with van der Waals surface area (Å²) in [5.74, 6) is 0.728. The van der Waals surface area contributed by atoms with Gasteiger partial charge >= 0.3 is 0 Å². The van der Waals surface area contributed by atoms with Crippen LogP contribution < -0.4 is 11.1 Å². The summed E-state index contributed by atoms with van der Waals surface area (Å²) >= 11 is 0. The molecule has 1 heterocycles. The average Bonchev–Trinajstić information content (AvgIpc) is 1.88. The highest BCUT2D eigenvalue weighted by atomic mass is 15.1. The molecule has 2 atom stereocenters. The van der Waals surface area contributed by atoms with E-state index in [1.54, 1.807) is 0 Å². The second kappa shape index (κ2) is 3.35. The lowest BCUT2D eigenvalue weighted by molar-refractivity contribution is 0.272. The first-order valence-corrected chi connectivity index (χ1v) is 4.22. The highest BCUT2D eigenvalue weighted by Gasteiger charge is 2.19. The maximum atomic E-state index is 5.75. The zero-order valence-corrected chi connectivity index (χ0v) is 6.93. The third-order valence-corrected chi connectivity index (χ3v) is 2.26. The molecule has 0 saturated carbocycles. The van der Waals surface area contributed by atoms with Crippen molar-refractivity contribution in [2.45, 2.75) is 45.3 Å². The van der Waals surface area contributed by atoms with Crippen molar-refractivity contribution in [3.8, 4) is 0 Å². The Morgan fingerprint density at radius 2 is 2.10 bits per heavy atom. The summed E-state index contributed by atoms with van der Waals surface area (Å²) in [5, 5.41) is 3.39. The van der Waals surface area contributed by atoms with Gasteiger partial charge in [0.2, 0.25) is 0 Å². The molecule has 1 aliphatic heterocycles. The molecule has 2 heteroatoms. The smallest absolute Gasteiger partial charge is 0.0548 e. The molecule has 0 spiro atoms. The fourth-order valence-corrected chi connectivity index (χ4v) is 1.53. The largest absolute Gasteiger partial charge is 0.316 e. The molecule has 1 aliphatic rings. The maximum Gasteiger partial charge on any atom is 0.0548 e. The van der Waals surface area contributed by atoms with Gasteiger partial charge in [0.15, 0.2) is 0 Å². The SMILES string of the molecule is CC(C)C1CCCC(N)N1. The van der Waals surface area contributed by atoms with E-state index in [0.29, 0.717) is 6.04 Å². The Labute approximate surface area is 63.2 Å². The second-order valence-corrected chi connectivity index (χ2v) is 3.55. The fourth-order valence-electron chi connectivity index (χ4n) is 1.53. The number of piperidine rings is 1. The Kier molecular flexibility index (Phi) is 2.69. The van der Waals surface area contributed by atoms with Crippen molar-refractivity contribution in [3.63, 3.8) is 0 Å². The fraction of sp³-hybridized carbons (Fsp3) is 1.00. The minimum absolute atomic E-state index is 0.251. The van der Waals surface area contributed by atoms with Crippen molar-refractivity contribution in [1.82, 2.24) is 5.32 Å². The van der Waals surface area contributed by atoms with Crippen molar-refractivity contribution in [2.24, 2.45) is 11.7 Å². The molecule has 1 rings (SSSR count). The monoisotopic (exact) mass is 142 g/mol. The van der Waals surface area contributed by atoms with E-state index in [1.165, 1.54) is 12.8 Å². The summed E-state index contributed by atoms with van der Waals surface area (Å²) in [6.07, 6.45) is 3.98. The number of nitrogens with one attached hydrogen (secondary N) is 1. The number of hydrogen-bond acceptors (Lipinski definition) is 2. The summed E-state index contributed by atoms with van der Waals surface area (Å²) in [6, 6.07) is 0.656. The average molecular weight is 142 g/mol. The molecule has 1 saturated heterocycles. The third-order valence-electron chi connectivity index (χ3n) is 2.26. The van der Waals surface area contributed by atoms with Gasteiger partial charge in [0, 0.05) is 6.04 Å². The molecule has 0 aromatic carbocycles. The van der Waals surface area contributed by atoms with Crippen molar-refractivity contribution < 1.29 is 0 Å². The molecule has 2 nitrogen and oxygen atoms in total. The molecule has 0 aliphatic carbocycles. The van der Waals surface area contributed by atoms with E-state index in [2.05, 4.69) is 19.2 Å². The molecule has 0 aromatic heterocycles. The van der Waals surface area contributed by atoms with E-state index in [4.69, 9.17) is 5.73 Å². The van der Waals surface area contributed by atoms with Crippen molar-refractivity contribution >= 4 is 0 Å². The second-order valence-electron chi connectivity index (χ2n) is 3.55. The number of rotatable bonds is 1. The van der Waals surface area contributed by atoms with Gasteiger partial charge in [-0.2, -0.15) is 0 Å². The van der Waals surface area contributed by atoms with Gasteiger partial charge in [0.25, 0.3) is 0 Å². The van der Waals surface area contributed by atoms with Gasteiger partial charge in [-0.05, 0) is 25.2 Å². The van der Waals surface area contributed by atoms with E-state index >= 15 is 0 Å². The summed E-state index contributed by atoms with van der Waals surface area (Å²) in [6.45, 7) is 4.49. The summed E-state index contributed by atoms with van der Waals surface area (Å²) in [7, 11) is 0. The molecule has 0 bridgehead atoms. The van der Waals surface area contributed by atoms with Crippen LogP contribution in [0.15, 0.2) is 0 Å². The van der Waals surface area contributed by atoms with Crippen LogP contribution in [0.4, 0.5) is 0 Å². The molecule has 0 radical (unpaired) electrons. The first-order chi connectivity index (χ1) is 4.70. The van der Waals surface area contributed by atoms with Crippen LogP contribution in [-0.4, -0.2) is 12.2 Å². The van der Waals surface area contributed by atoms with Crippen LogP contribution in [0.2, 0.25) is 0 Å². The van der Waals surface area contributed by atoms with Gasteiger partial charge in [-0.1, -0.05) is 13.8 Å². The number of hydrogen-bond donors (Lipinski definition) is 2. The van der Waals surface area contributed by atoms with Crippen LogP contribution >= 0.6 is 0 Å². The molecule has 0 aromatic rings. The predicted octanol–water partition coefficient (Wildman–Crippen LogP) is 1.07. The Morgan fingerprint density at radius 1 is 1.40 bits per heavy atom. The zero-order chi connectivity index (χ0) is 7.56. The van der Waals surface area contributed by atoms with E-state index in [-0.39, 0.29) is 6.17 Å². The van der Waals surface area contributed by atoms with E-state index in [0.717, 1.165) is 12.3 Å². The van der Waals surface area contributed by atoms with E-state index in [9.17, 15) is 0 Å². The van der Waals surface area contributed by atoms with Crippen LogP contribution in [0.25, 0.3) is 0 Å². The lowest BCUT2D eigenvalue weighted by atomic mass is 9.94. The highest BCUT2D eigenvalue weighted by Crippen LogP contribution is 2.15. The van der Waals surface area contributed by atoms with Gasteiger partial charge in [0.05, 0.1) is 6.17 Å². The maximum absolute atomic E-state index is 5.75. The quantitative estimate of drug-likeness (QED) is 0.574. The molecule has 0 amide bonds. The molecular formula is C8H18N2. The van der Waals surface area contributed by atoms with Crippen LogP contribution in [0.5, 0.6) is 0 Å². The van der Waals surface area contributed by atoms with Crippen LogP contribution in [-0.2, 0) is 0 Å². The van der Waals surface area contributed by atoms with Crippen molar-refractivity contribution in [1.29, 1.82) is 0 Å². The summed E-state index contributed by atoms with van der Waals surface area (Å²) in [4.78, 5) is 0. The van der Waals surface area contributed by atoms with Gasteiger partial charge in [0.1, 0.15) is 0 Å². The molecule has 10 heavy (non-hydrogen) atoms. The Morgan fingerprint density at radius 3 is 2.50 bits per heavy atom. The summed E-state index contributed by atoms with van der Waals surface area (Å²) in [5.41, 5.74) is 5.75. The van der Waals surface area contributed by atoms with E-state index < -0.39 is 0 Å². The highest BCUT2D eigenvalue weighted by molar-refractivity contribution is 4.78. The van der Waals surface area contributed by atoms with Crippen molar-refractivity contribution in [3.05, 3.63) is 0 Å². The standard InChI is InChI=1S/C8H18N2/c1-6(2)7-4-3-5-8(9)10-7/h6-8,10H,3-5,9H2,1-2H3. The Balaban J connectivity index is 2.32. The van der Waals surface area contributed by atoms with Crippen LogP contribution in [0.3, 0.4) is 0 Å². The first-order valence-electron chi connectivity index (χ1n) is 4.22. The lowest BCUT2D eigenvalue weighted by Crippen LogP contribution is -2.49. The molecule has 60 valence electrons. The predicted molar refractivity (Wildman–Crippen MR) is 43.6 cm³/mol. The van der Waals surface area contributed by atoms with Gasteiger partial charge in [-0.3, -0.25) is 5.32 Å². The number of nitrogens with two attached hydrogens (primary N) is 1. The van der Waals surface area contributed by atoms with Gasteiger partial charge < -0.3 is 5.73 Å². The Bertz CT molecular complexity index is 101. The topological polar surface area (TPSA) is 38.0 Å². The molecule has 1 fully saturated rings. The minimum atomic E-state index is 0.251. The minimum Gasteiger partial charge on any atom is -0.316 e. The van der Waals surface area contributed by atoms with Crippen LogP contribution in [0, 0.1) is 5.92 Å². The van der Waals surface area contributed by atoms with Gasteiger partial charge in [-0.15, -0.1) is 0 Å². The molecule has 3 N–H and O–H groups in total. The van der Waals surface area contributed by atoms with Crippen LogP contribution in [0.1, 0.15) is 33.1 Å². The van der Waals surface area contributed by atoms with E-state index in [1.807, 2.05) is 0 Å². The van der Waals surface area contributed by atoms with Crippen molar-refractivity contribution in [2.75, 3.05) is 0 Å².